The van der Waals surface area contributed by atoms with E-state index >= 15 is 0 Å². The second-order valence-corrected chi connectivity index (χ2v) is 7.48. The molecule has 0 aliphatic heterocycles. The number of hydrogen-bond donors (Lipinski definition) is 2. The van der Waals surface area contributed by atoms with Crippen LogP contribution in [0.4, 0.5) is 0 Å². The molecule has 2 aromatic carbocycles. The van der Waals surface area contributed by atoms with Crippen LogP contribution in [0.15, 0.2) is 48.5 Å². The van der Waals surface area contributed by atoms with Gasteiger partial charge in [0, 0.05) is 0 Å². The topological polar surface area (TPSA) is 58.9 Å². The Kier molecular flexibility index (Phi) is 11.9. The molecule has 0 aliphatic rings. The highest BCUT2D eigenvalue weighted by Gasteiger charge is 1.97. The maximum atomic E-state index is 9.02. The summed E-state index contributed by atoms with van der Waals surface area (Å²) in [7, 11) is 0. The van der Waals surface area contributed by atoms with Crippen LogP contribution in [0, 0.1) is 0 Å². The largest absolute Gasteiger partial charge is 0.494 e. The molecule has 0 unspecified atom stereocenters. The Bertz CT molecular complexity index is 579. The van der Waals surface area contributed by atoms with Gasteiger partial charge < -0.3 is 19.7 Å². The number of ether oxygens (including phenoxy) is 2. The van der Waals surface area contributed by atoms with E-state index in [0.29, 0.717) is 0 Å². The van der Waals surface area contributed by atoms with Gasteiger partial charge >= 0.3 is 0 Å². The zero-order valence-corrected chi connectivity index (χ0v) is 17.5. The number of hydrogen-bond acceptors (Lipinski definition) is 4. The molecule has 2 aromatic rings. The highest BCUT2D eigenvalue weighted by molar-refractivity contribution is 5.27. The SMILES string of the molecule is OCc1ccc(OCCCCCCCCCCCOc2ccc(CO)cc2)cc1. The molecule has 0 amide bonds. The quantitative estimate of drug-likeness (QED) is 0.358. The first-order valence-electron chi connectivity index (χ1n) is 11.0. The van der Waals surface area contributed by atoms with E-state index in [4.69, 9.17) is 19.7 Å². The van der Waals surface area contributed by atoms with Gasteiger partial charge in [0.2, 0.25) is 0 Å². The molecule has 0 fully saturated rings. The molecule has 0 atom stereocenters. The van der Waals surface area contributed by atoms with E-state index < -0.39 is 0 Å². The Hall–Kier alpha value is -2.04. The maximum Gasteiger partial charge on any atom is 0.119 e. The maximum absolute atomic E-state index is 9.02. The van der Waals surface area contributed by atoms with Crippen molar-refractivity contribution >= 4 is 0 Å². The summed E-state index contributed by atoms with van der Waals surface area (Å²) in [5, 5.41) is 18.0. The summed E-state index contributed by atoms with van der Waals surface area (Å²) in [5.41, 5.74) is 1.83. The van der Waals surface area contributed by atoms with Crippen molar-refractivity contribution in [2.75, 3.05) is 13.2 Å². The van der Waals surface area contributed by atoms with E-state index in [1.165, 1.54) is 44.9 Å². The van der Waals surface area contributed by atoms with Crippen LogP contribution in [0.3, 0.4) is 0 Å². The molecule has 2 rings (SSSR count). The zero-order chi connectivity index (χ0) is 20.6. The van der Waals surface area contributed by atoms with Gasteiger partial charge in [-0.05, 0) is 48.2 Å². The first-order chi connectivity index (χ1) is 14.3. The lowest BCUT2D eigenvalue weighted by Crippen LogP contribution is -1.98. The van der Waals surface area contributed by atoms with Crippen molar-refractivity contribution in [2.45, 2.75) is 71.0 Å². The van der Waals surface area contributed by atoms with Crippen LogP contribution in [-0.2, 0) is 13.2 Å². The van der Waals surface area contributed by atoms with Crippen LogP contribution in [0.5, 0.6) is 11.5 Å². The smallest absolute Gasteiger partial charge is 0.119 e. The fraction of sp³-hybridized carbons (Fsp3) is 0.520. The average molecular weight is 401 g/mol. The average Bonchev–Trinajstić information content (AvgIpc) is 2.77. The van der Waals surface area contributed by atoms with Gasteiger partial charge in [0.25, 0.3) is 0 Å². The van der Waals surface area contributed by atoms with Crippen LogP contribution in [0.25, 0.3) is 0 Å². The van der Waals surface area contributed by atoms with Crippen molar-refractivity contribution in [3.63, 3.8) is 0 Å². The lowest BCUT2D eigenvalue weighted by molar-refractivity contribution is 0.280. The fourth-order valence-electron chi connectivity index (χ4n) is 3.20. The van der Waals surface area contributed by atoms with Crippen LogP contribution in [0.2, 0.25) is 0 Å². The van der Waals surface area contributed by atoms with Crippen LogP contribution >= 0.6 is 0 Å². The van der Waals surface area contributed by atoms with Crippen LogP contribution < -0.4 is 9.47 Å². The van der Waals surface area contributed by atoms with E-state index in [1.54, 1.807) is 0 Å². The summed E-state index contributed by atoms with van der Waals surface area (Å²) in [6.07, 6.45) is 11.1. The molecular weight excluding hydrogens is 364 g/mol. The Balaban J connectivity index is 1.34. The third kappa shape index (κ3) is 10.3. The molecule has 0 spiro atoms. The predicted octanol–water partition coefficient (Wildman–Crippen LogP) is 5.64. The third-order valence-electron chi connectivity index (χ3n) is 5.04. The second-order valence-electron chi connectivity index (χ2n) is 7.48. The van der Waals surface area contributed by atoms with Gasteiger partial charge in [-0.1, -0.05) is 69.2 Å². The Morgan fingerprint density at radius 2 is 0.759 bits per heavy atom. The standard InChI is InChI=1S/C25H36O4/c26-20-22-10-14-24(15-11-22)28-18-8-6-4-2-1-3-5-7-9-19-29-25-16-12-23(21-27)13-17-25/h10-17,26-27H,1-9,18-21H2. The van der Waals surface area contributed by atoms with Gasteiger partial charge in [0.1, 0.15) is 11.5 Å². The molecule has 0 saturated carbocycles. The predicted molar refractivity (Wildman–Crippen MR) is 117 cm³/mol. The number of aliphatic hydroxyl groups excluding tert-OH is 2. The minimum atomic E-state index is 0.0779. The number of rotatable bonds is 16. The van der Waals surface area contributed by atoms with E-state index in [9.17, 15) is 0 Å². The summed E-state index contributed by atoms with van der Waals surface area (Å²) >= 11 is 0. The van der Waals surface area contributed by atoms with Crippen LogP contribution in [0.1, 0.15) is 68.9 Å². The minimum Gasteiger partial charge on any atom is -0.494 e. The molecule has 4 heteroatoms. The third-order valence-corrected chi connectivity index (χ3v) is 5.04. The normalized spacial score (nSPS) is 10.8. The molecule has 29 heavy (non-hydrogen) atoms. The molecule has 0 aromatic heterocycles. The summed E-state index contributed by atoms with van der Waals surface area (Å²) in [5.74, 6) is 1.77. The molecule has 0 radical (unpaired) electrons. The Labute approximate surface area is 175 Å². The van der Waals surface area contributed by atoms with Crippen molar-refractivity contribution in [2.24, 2.45) is 0 Å². The molecule has 2 N–H and O–H groups in total. The molecule has 0 aliphatic carbocycles. The fourth-order valence-corrected chi connectivity index (χ4v) is 3.20. The van der Waals surface area contributed by atoms with Crippen molar-refractivity contribution in [3.8, 4) is 11.5 Å². The number of aliphatic hydroxyl groups is 2. The van der Waals surface area contributed by atoms with Crippen molar-refractivity contribution in [1.82, 2.24) is 0 Å². The minimum absolute atomic E-state index is 0.0779. The van der Waals surface area contributed by atoms with Crippen molar-refractivity contribution < 1.29 is 19.7 Å². The first-order valence-corrected chi connectivity index (χ1v) is 11.0. The highest BCUT2D eigenvalue weighted by atomic mass is 16.5. The lowest BCUT2D eigenvalue weighted by Gasteiger charge is -2.07. The van der Waals surface area contributed by atoms with Crippen molar-refractivity contribution in [3.05, 3.63) is 59.7 Å². The first kappa shape index (κ1) is 23.2. The van der Waals surface area contributed by atoms with Gasteiger partial charge in [0.05, 0.1) is 26.4 Å². The van der Waals surface area contributed by atoms with E-state index in [2.05, 4.69) is 0 Å². The van der Waals surface area contributed by atoms with E-state index in [0.717, 1.165) is 48.7 Å². The van der Waals surface area contributed by atoms with E-state index in [-0.39, 0.29) is 13.2 Å². The zero-order valence-electron chi connectivity index (χ0n) is 17.5. The monoisotopic (exact) mass is 400 g/mol. The molecule has 160 valence electrons. The highest BCUT2D eigenvalue weighted by Crippen LogP contribution is 2.15. The molecular formula is C25H36O4. The van der Waals surface area contributed by atoms with Gasteiger partial charge in [-0.15, -0.1) is 0 Å². The summed E-state index contributed by atoms with van der Waals surface area (Å²) < 4.78 is 11.5. The van der Waals surface area contributed by atoms with Crippen molar-refractivity contribution in [1.29, 1.82) is 0 Å². The summed E-state index contributed by atoms with van der Waals surface area (Å²) in [6.45, 7) is 1.69. The second kappa shape index (κ2) is 14.9. The van der Waals surface area contributed by atoms with Gasteiger partial charge in [-0.2, -0.15) is 0 Å². The molecule has 4 nitrogen and oxygen atoms in total. The van der Waals surface area contributed by atoms with Gasteiger partial charge in [0.15, 0.2) is 0 Å². The van der Waals surface area contributed by atoms with Gasteiger partial charge in [-0.25, -0.2) is 0 Å². The summed E-state index contributed by atoms with van der Waals surface area (Å²) in [6, 6.07) is 15.3. The Morgan fingerprint density at radius 1 is 0.448 bits per heavy atom. The van der Waals surface area contributed by atoms with E-state index in [1.807, 2.05) is 48.5 Å². The molecule has 0 saturated heterocycles. The molecule has 0 heterocycles. The van der Waals surface area contributed by atoms with Crippen LogP contribution in [-0.4, -0.2) is 23.4 Å². The number of benzene rings is 2. The lowest BCUT2D eigenvalue weighted by atomic mass is 10.1. The van der Waals surface area contributed by atoms with Gasteiger partial charge in [-0.3, -0.25) is 0 Å². The summed E-state index contributed by atoms with van der Waals surface area (Å²) in [4.78, 5) is 0. The molecule has 0 bridgehead atoms. The Morgan fingerprint density at radius 3 is 1.07 bits per heavy atom. The number of unbranched alkanes of at least 4 members (excludes halogenated alkanes) is 8.